The largest absolute Gasteiger partial charge is 0.573 e. The van der Waals surface area contributed by atoms with Crippen LogP contribution in [0, 0.1) is 0 Å². The van der Waals surface area contributed by atoms with E-state index in [0.29, 0.717) is 36.3 Å². The van der Waals surface area contributed by atoms with Gasteiger partial charge < -0.3 is 24.8 Å². The molecule has 1 fully saturated rings. The van der Waals surface area contributed by atoms with Crippen LogP contribution < -0.4 is 10.1 Å². The number of carbonyl (C=O) groups excluding carboxylic acids is 2. The minimum absolute atomic E-state index is 0.134. The van der Waals surface area contributed by atoms with E-state index in [4.69, 9.17) is 4.74 Å². The summed E-state index contributed by atoms with van der Waals surface area (Å²) < 4.78 is 46.6. The van der Waals surface area contributed by atoms with Gasteiger partial charge in [-0.25, -0.2) is 9.78 Å². The molecular formula is C19H21F3N4O6S. The molecule has 0 bridgehead atoms. The second kappa shape index (κ2) is 10.2. The Hall–Kier alpha value is -3.13. The fourth-order valence-electron chi connectivity index (χ4n) is 3.23. The van der Waals surface area contributed by atoms with Crippen LogP contribution in [0.1, 0.15) is 12.8 Å². The van der Waals surface area contributed by atoms with Gasteiger partial charge in [-0.05, 0) is 25.0 Å². The molecule has 3 rings (SSSR count). The molecule has 0 saturated carbocycles. The Morgan fingerprint density at radius 1 is 1.27 bits per heavy atom. The first-order valence-corrected chi connectivity index (χ1v) is 10.6. The number of nitrogens with zero attached hydrogens (tertiary/aromatic N) is 3. The van der Waals surface area contributed by atoms with Crippen LogP contribution in [0.3, 0.4) is 0 Å². The van der Waals surface area contributed by atoms with Crippen LogP contribution >= 0.6 is 11.3 Å². The Morgan fingerprint density at radius 2 is 1.97 bits per heavy atom. The predicted octanol–water partition coefficient (Wildman–Crippen LogP) is 2.75. The average molecular weight is 490 g/mol. The lowest BCUT2D eigenvalue weighted by molar-refractivity contribution is -0.274. The number of benzene rings is 1. The number of anilines is 1. The summed E-state index contributed by atoms with van der Waals surface area (Å²) in [5.74, 6) is -1.56. The van der Waals surface area contributed by atoms with Crippen molar-refractivity contribution in [2.75, 3.05) is 38.7 Å². The highest BCUT2D eigenvalue weighted by Crippen LogP contribution is 2.31. The number of rotatable bonds is 7. The Morgan fingerprint density at radius 3 is 2.61 bits per heavy atom. The lowest BCUT2D eigenvalue weighted by Gasteiger charge is -2.32. The van der Waals surface area contributed by atoms with Gasteiger partial charge in [-0.2, -0.15) is 0 Å². The number of aromatic nitrogens is 1. The maximum Gasteiger partial charge on any atom is 0.573 e. The predicted molar refractivity (Wildman–Crippen MR) is 111 cm³/mol. The van der Waals surface area contributed by atoms with Crippen LogP contribution in [-0.4, -0.2) is 83.6 Å². The summed E-state index contributed by atoms with van der Waals surface area (Å²) in [6, 6.07) is 3.26. The number of amides is 3. The molecule has 0 radical (unpaired) electrons. The number of carbonyl (C=O) groups is 3. The van der Waals surface area contributed by atoms with Crippen molar-refractivity contribution in [3.63, 3.8) is 0 Å². The van der Waals surface area contributed by atoms with Gasteiger partial charge in [-0.1, -0.05) is 11.3 Å². The number of likely N-dealkylation sites (N-methyl/N-ethyl adjacent to an activating group) is 1. The zero-order chi connectivity index (χ0) is 24.2. The lowest BCUT2D eigenvalue weighted by atomic mass is 10.1. The van der Waals surface area contributed by atoms with Crippen molar-refractivity contribution in [3.8, 4) is 5.75 Å². The van der Waals surface area contributed by atoms with E-state index < -0.39 is 36.6 Å². The van der Waals surface area contributed by atoms with Crippen molar-refractivity contribution in [1.82, 2.24) is 14.8 Å². The maximum absolute atomic E-state index is 12.5. The van der Waals surface area contributed by atoms with Crippen LogP contribution in [0.2, 0.25) is 0 Å². The van der Waals surface area contributed by atoms with E-state index in [-0.39, 0.29) is 17.7 Å². The average Bonchev–Trinajstić information content (AvgIpc) is 3.12. The topological polar surface area (TPSA) is 121 Å². The second-order valence-electron chi connectivity index (χ2n) is 7.25. The summed E-state index contributed by atoms with van der Waals surface area (Å²) in [7, 11) is 1.37. The normalized spacial score (nSPS) is 14.7. The standard InChI is InChI=1S/C19H21F3N4O6S/c1-25(16(28)10-26(18(29)30)11-4-6-31-7-5-11)9-15(27)24-17-23-13-3-2-12(8-14(13)33-17)32-19(20,21)22/h2-3,8,11H,4-7,9-10H2,1H3,(H,29,30)(H,23,24,27). The number of ether oxygens (including phenoxy) is 2. The number of hydrogen-bond acceptors (Lipinski definition) is 7. The first kappa shape index (κ1) is 24.5. The van der Waals surface area contributed by atoms with Crippen LogP contribution in [0.4, 0.5) is 23.1 Å². The van der Waals surface area contributed by atoms with E-state index in [1.165, 1.54) is 13.1 Å². The molecule has 0 spiro atoms. The molecule has 1 aromatic carbocycles. The summed E-state index contributed by atoms with van der Waals surface area (Å²) in [5.41, 5.74) is 0.364. The third kappa shape index (κ3) is 6.92. The van der Waals surface area contributed by atoms with Gasteiger partial charge in [0.2, 0.25) is 11.8 Å². The van der Waals surface area contributed by atoms with Gasteiger partial charge in [0.1, 0.15) is 12.3 Å². The number of carboxylic acid groups (broad SMARTS) is 1. The summed E-state index contributed by atoms with van der Waals surface area (Å²) in [6.07, 6.45) is -5.08. The van der Waals surface area contributed by atoms with Crippen molar-refractivity contribution < 1.29 is 42.1 Å². The number of alkyl halides is 3. The van der Waals surface area contributed by atoms with E-state index >= 15 is 0 Å². The quantitative estimate of drug-likeness (QED) is 0.612. The first-order chi connectivity index (χ1) is 15.5. The molecule has 33 heavy (non-hydrogen) atoms. The SMILES string of the molecule is CN(CC(=O)Nc1nc2ccc(OC(F)(F)F)cc2s1)C(=O)CN(C(=O)O)C1CCOCC1. The lowest BCUT2D eigenvalue weighted by Crippen LogP contribution is -2.49. The number of hydrogen-bond donors (Lipinski definition) is 2. The summed E-state index contributed by atoms with van der Waals surface area (Å²) >= 11 is 0.943. The maximum atomic E-state index is 12.5. The zero-order valence-corrected chi connectivity index (χ0v) is 18.2. The molecule has 1 saturated heterocycles. The third-order valence-corrected chi connectivity index (χ3v) is 5.76. The molecule has 0 aliphatic carbocycles. The van der Waals surface area contributed by atoms with Crippen molar-refractivity contribution >= 4 is 44.6 Å². The van der Waals surface area contributed by atoms with Gasteiger partial charge >= 0.3 is 12.5 Å². The van der Waals surface area contributed by atoms with Crippen LogP contribution in [-0.2, 0) is 14.3 Å². The van der Waals surface area contributed by atoms with Crippen molar-refractivity contribution in [2.24, 2.45) is 0 Å². The number of halogens is 3. The van der Waals surface area contributed by atoms with Gasteiger partial charge in [0.05, 0.1) is 16.8 Å². The zero-order valence-electron chi connectivity index (χ0n) is 17.4. The van der Waals surface area contributed by atoms with E-state index in [1.54, 1.807) is 0 Å². The van der Waals surface area contributed by atoms with E-state index in [1.807, 2.05) is 0 Å². The fourth-order valence-corrected chi connectivity index (χ4v) is 4.14. The molecule has 1 aliphatic rings. The van der Waals surface area contributed by atoms with Gasteiger partial charge in [0.25, 0.3) is 0 Å². The molecule has 1 aliphatic heterocycles. The Balaban J connectivity index is 1.57. The molecule has 10 nitrogen and oxygen atoms in total. The van der Waals surface area contributed by atoms with Crippen molar-refractivity contribution in [2.45, 2.75) is 25.2 Å². The molecule has 14 heteroatoms. The highest BCUT2D eigenvalue weighted by Gasteiger charge is 2.31. The van der Waals surface area contributed by atoms with Gasteiger partial charge in [-0.3, -0.25) is 14.5 Å². The third-order valence-electron chi connectivity index (χ3n) is 4.83. The summed E-state index contributed by atoms with van der Waals surface area (Å²) in [5, 5.41) is 12.1. The molecule has 0 atom stereocenters. The molecule has 2 N–H and O–H groups in total. The number of nitrogens with one attached hydrogen (secondary N) is 1. The van der Waals surface area contributed by atoms with E-state index in [0.717, 1.165) is 33.3 Å². The Kier molecular flexibility index (Phi) is 7.58. The Bertz CT molecular complexity index is 1020. The van der Waals surface area contributed by atoms with E-state index in [9.17, 15) is 32.7 Å². The molecule has 2 aromatic rings. The minimum atomic E-state index is -4.83. The van der Waals surface area contributed by atoms with Crippen LogP contribution in [0.5, 0.6) is 5.75 Å². The van der Waals surface area contributed by atoms with Crippen molar-refractivity contribution in [1.29, 1.82) is 0 Å². The van der Waals surface area contributed by atoms with Gasteiger partial charge in [0.15, 0.2) is 5.13 Å². The molecule has 1 aromatic heterocycles. The number of thiazole rings is 1. The van der Waals surface area contributed by atoms with Gasteiger partial charge in [-0.15, -0.1) is 13.2 Å². The minimum Gasteiger partial charge on any atom is -0.465 e. The number of fused-ring (bicyclic) bond motifs is 1. The smallest absolute Gasteiger partial charge is 0.465 e. The highest BCUT2D eigenvalue weighted by atomic mass is 32.1. The molecule has 3 amide bonds. The first-order valence-electron chi connectivity index (χ1n) is 9.79. The van der Waals surface area contributed by atoms with E-state index in [2.05, 4.69) is 15.0 Å². The summed E-state index contributed by atoms with van der Waals surface area (Å²) in [4.78, 5) is 42.6. The highest BCUT2D eigenvalue weighted by molar-refractivity contribution is 7.22. The van der Waals surface area contributed by atoms with Gasteiger partial charge in [0, 0.05) is 32.4 Å². The fraction of sp³-hybridized carbons (Fsp3) is 0.474. The summed E-state index contributed by atoms with van der Waals surface area (Å²) in [6.45, 7) is 0.0606. The molecule has 2 heterocycles. The second-order valence-corrected chi connectivity index (χ2v) is 8.28. The molecule has 0 unspecified atom stereocenters. The van der Waals surface area contributed by atoms with Crippen LogP contribution in [0.25, 0.3) is 10.2 Å². The monoisotopic (exact) mass is 490 g/mol. The molecule has 180 valence electrons. The Labute approximate surface area is 189 Å². The molecular weight excluding hydrogens is 469 g/mol. The van der Waals surface area contributed by atoms with Crippen molar-refractivity contribution in [3.05, 3.63) is 18.2 Å². The van der Waals surface area contributed by atoms with Crippen LogP contribution in [0.15, 0.2) is 18.2 Å².